The Morgan fingerprint density at radius 1 is 1.48 bits per heavy atom. The van der Waals surface area contributed by atoms with Gasteiger partial charge in [-0.15, -0.1) is 6.58 Å². The Morgan fingerprint density at radius 3 is 2.87 bits per heavy atom. The molecule has 1 aromatic carbocycles. The van der Waals surface area contributed by atoms with E-state index in [9.17, 15) is 9.90 Å². The van der Waals surface area contributed by atoms with Crippen molar-refractivity contribution in [1.82, 2.24) is 10.7 Å². The Bertz CT molecular complexity index is 614. The van der Waals surface area contributed by atoms with Gasteiger partial charge in [0.1, 0.15) is 5.75 Å². The minimum Gasteiger partial charge on any atom is -0.507 e. The summed E-state index contributed by atoms with van der Waals surface area (Å²) in [6, 6.07) is 4.83. The van der Waals surface area contributed by atoms with Crippen LogP contribution in [0.5, 0.6) is 5.75 Å². The molecule has 0 fully saturated rings. The van der Waals surface area contributed by atoms with Crippen molar-refractivity contribution in [3.8, 4) is 5.75 Å². The van der Waals surface area contributed by atoms with Gasteiger partial charge in [-0.1, -0.05) is 13.0 Å². The number of anilines is 1. The van der Waals surface area contributed by atoms with Crippen LogP contribution >= 0.6 is 12.2 Å². The second kappa shape index (κ2) is 9.58. The fourth-order valence-corrected chi connectivity index (χ4v) is 1.88. The Morgan fingerprint density at radius 2 is 2.22 bits per heavy atom. The van der Waals surface area contributed by atoms with Gasteiger partial charge in [-0.3, -0.25) is 10.2 Å². The maximum absolute atomic E-state index is 11.6. The number of amides is 1. The fourth-order valence-electron chi connectivity index (χ4n) is 1.75. The number of nitrogens with one attached hydrogen (secondary N) is 3. The average Bonchev–Trinajstić information content (AvgIpc) is 2.52. The number of hydrazone groups is 1. The molecule has 0 aliphatic rings. The van der Waals surface area contributed by atoms with Crippen LogP contribution in [0.1, 0.15) is 32.3 Å². The maximum atomic E-state index is 11.6. The number of hydrogen-bond acceptors (Lipinski definition) is 4. The lowest BCUT2D eigenvalue weighted by Crippen LogP contribution is -2.32. The summed E-state index contributed by atoms with van der Waals surface area (Å²) in [5.74, 6) is 0.0122. The third-order valence-electron chi connectivity index (χ3n) is 2.88. The van der Waals surface area contributed by atoms with Gasteiger partial charge in [0.15, 0.2) is 5.11 Å². The first-order valence-electron chi connectivity index (χ1n) is 7.30. The predicted octanol–water partition coefficient (Wildman–Crippen LogP) is 2.50. The Hall–Kier alpha value is -2.41. The second-order valence-corrected chi connectivity index (χ2v) is 5.25. The quantitative estimate of drug-likeness (QED) is 0.202. The number of nitrogens with zero attached hydrogens (tertiary/aromatic N) is 1. The minimum atomic E-state index is -0.0633. The van der Waals surface area contributed by atoms with Crippen LogP contribution in [-0.4, -0.2) is 28.4 Å². The van der Waals surface area contributed by atoms with Crippen molar-refractivity contribution in [3.05, 3.63) is 36.4 Å². The average molecular weight is 334 g/mol. The molecule has 0 spiro atoms. The highest BCUT2D eigenvalue weighted by atomic mass is 32.1. The number of rotatable bonds is 7. The van der Waals surface area contributed by atoms with Crippen molar-refractivity contribution in [2.75, 3.05) is 11.9 Å². The Kier molecular flexibility index (Phi) is 7.76. The topological polar surface area (TPSA) is 85.8 Å². The second-order valence-electron chi connectivity index (χ2n) is 4.84. The van der Waals surface area contributed by atoms with Gasteiger partial charge in [-0.2, -0.15) is 5.10 Å². The van der Waals surface area contributed by atoms with Crippen molar-refractivity contribution >= 4 is 34.6 Å². The van der Waals surface area contributed by atoms with E-state index in [2.05, 4.69) is 27.7 Å². The number of benzene rings is 1. The van der Waals surface area contributed by atoms with E-state index >= 15 is 0 Å². The summed E-state index contributed by atoms with van der Waals surface area (Å²) in [7, 11) is 0. The first kappa shape index (κ1) is 18.6. The number of phenolic OH excluding ortho intramolecular Hbond substituents is 1. The molecular weight excluding hydrogens is 312 g/mol. The van der Waals surface area contributed by atoms with E-state index in [0.717, 1.165) is 6.42 Å². The molecule has 1 rings (SSSR count). The Labute approximate surface area is 141 Å². The van der Waals surface area contributed by atoms with Crippen molar-refractivity contribution < 1.29 is 9.90 Å². The molecule has 1 amide bonds. The zero-order chi connectivity index (χ0) is 17.2. The predicted molar refractivity (Wildman–Crippen MR) is 97.8 cm³/mol. The zero-order valence-corrected chi connectivity index (χ0v) is 14.2. The minimum absolute atomic E-state index is 0.0633. The van der Waals surface area contributed by atoms with Gasteiger partial charge in [0.2, 0.25) is 5.91 Å². The molecule has 7 heteroatoms. The van der Waals surface area contributed by atoms with Crippen LogP contribution in [0.15, 0.2) is 36.0 Å². The summed E-state index contributed by atoms with van der Waals surface area (Å²) in [4.78, 5) is 11.6. The van der Waals surface area contributed by atoms with Crippen molar-refractivity contribution in [1.29, 1.82) is 0 Å². The van der Waals surface area contributed by atoms with E-state index in [-0.39, 0.29) is 11.7 Å². The smallest absolute Gasteiger partial charge is 0.224 e. The summed E-state index contributed by atoms with van der Waals surface area (Å²) >= 11 is 5.04. The van der Waals surface area contributed by atoms with Crippen molar-refractivity contribution in [2.24, 2.45) is 5.10 Å². The molecule has 6 nitrogen and oxygen atoms in total. The maximum Gasteiger partial charge on any atom is 0.224 e. The molecule has 0 aromatic heterocycles. The van der Waals surface area contributed by atoms with Crippen LogP contribution in [0, 0.1) is 0 Å². The number of thiocarbonyl (C=S) groups is 1. The molecule has 124 valence electrons. The van der Waals surface area contributed by atoms with Gasteiger partial charge in [-0.05, 0) is 43.8 Å². The van der Waals surface area contributed by atoms with Crippen LogP contribution in [0.25, 0.3) is 0 Å². The normalized spacial score (nSPS) is 10.8. The molecule has 0 bridgehead atoms. The number of phenols is 1. The van der Waals surface area contributed by atoms with Crippen LogP contribution < -0.4 is 16.1 Å². The van der Waals surface area contributed by atoms with E-state index in [1.807, 2.05) is 6.92 Å². The molecule has 0 radical (unpaired) electrons. The van der Waals surface area contributed by atoms with Gasteiger partial charge in [0, 0.05) is 24.2 Å². The number of carbonyl (C=O) groups excluding carboxylic acids is 1. The third kappa shape index (κ3) is 6.48. The lowest BCUT2D eigenvalue weighted by molar-refractivity contribution is -0.116. The van der Waals surface area contributed by atoms with Crippen LogP contribution in [-0.2, 0) is 4.79 Å². The lowest BCUT2D eigenvalue weighted by atomic mass is 10.1. The summed E-state index contributed by atoms with van der Waals surface area (Å²) in [5, 5.41) is 20.1. The van der Waals surface area contributed by atoms with E-state index in [1.165, 1.54) is 6.07 Å². The summed E-state index contributed by atoms with van der Waals surface area (Å²) in [6.45, 7) is 7.78. The van der Waals surface area contributed by atoms with Crippen LogP contribution in [0.2, 0.25) is 0 Å². The first-order chi connectivity index (χ1) is 11.0. The van der Waals surface area contributed by atoms with E-state index in [4.69, 9.17) is 12.2 Å². The number of carbonyl (C=O) groups is 1. The molecule has 0 unspecified atom stereocenters. The standard InChI is InChI=1S/C16H22N4O2S/c1-4-6-15(22)18-12-7-8-14(21)13(10-12)11(3)19-20-16(23)17-9-5-2/h5,7-8,10,21H,2,4,6,9H2,1,3H3,(H,18,22)(H2,17,20,23)/b19-11+. The van der Waals surface area contributed by atoms with E-state index in [0.29, 0.717) is 35.0 Å². The van der Waals surface area contributed by atoms with E-state index in [1.54, 1.807) is 25.1 Å². The molecule has 0 saturated heterocycles. The van der Waals surface area contributed by atoms with Gasteiger partial charge in [-0.25, -0.2) is 0 Å². The monoisotopic (exact) mass is 334 g/mol. The molecule has 0 heterocycles. The highest BCUT2D eigenvalue weighted by Gasteiger charge is 2.08. The molecule has 1 aromatic rings. The molecule has 0 aliphatic heterocycles. The molecule has 0 atom stereocenters. The van der Waals surface area contributed by atoms with Crippen LogP contribution in [0.3, 0.4) is 0 Å². The van der Waals surface area contributed by atoms with Gasteiger partial charge in [0.05, 0.1) is 5.71 Å². The van der Waals surface area contributed by atoms with E-state index < -0.39 is 0 Å². The summed E-state index contributed by atoms with van der Waals surface area (Å²) in [6.07, 6.45) is 2.91. The summed E-state index contributed by atoms with van der Waals surface area (Å²) in [5.41, 5.74) is 4.35. The lowest BCUT2D eigenvalue weighted by Gasteiger charge is -2.10. The number of aromatic hydroxyl groups is 1. The SMILES string of the molecule is C=CCNC(=S)N/N=C(\C)c1cc(NC(=O)CCC)ccc1O. The highest BCUT2D eigenvalue weighted by molar-refractivity contribution is 7.80. The highest BCUT2D eigenvalue weighted by Crippen LogP contribution is 2.22. The molecule has 0 saturated carbocycles. The molecule has 4 N–H and O–H groups in total. The largest absolute Gasteiger partial charge is 0.507 e. The van der Waals surface area contributed by atoms with Gasteiger partial charge in [0.25, 0.3) is 0 Å². The number of hydrogen-bond donors (Lipinski definition) is 4. The first-order valence-corrected chi connectivity index (χ1v) is 7.71. The molecule has 23 heavy (non-hydrogen) atoms. The molecular formula is C16H22N4O2S. The van der Waals surface area contributed by atoms with Crippen molar-refractivity contribution in [2.45, 2.75) is 26.7 Å². The summed E-state index contributed by atoms with van der Waals surface area (Å²) < 4.78 is 0. The van der Waals surface area contributed by atoms with Gasteiger partial charge < -0.3 is 15.7 Å². The fraction of sp³-hybridized carbons (Fsp3) is 0.312. The van der Waals surface area contributed by atoms with Gasteiger partial charge >= 0.3 is 0 Å². The zero-order valence-electron chi connectivity index (χ0n) is 13.3. The molecule has 0 aliphatic carbocycles. The van der Waals surface area contributed by atoms with Crippen molar-refractivity contribution in [3.63, 3.8) is 0 Å². The van der Waals surface area contributed by atoms with Crippen LogP contribution in [0.4, 0.5) is 5.69 Å². The third-order valence-corrected chi connectivity index (χ3v) is 3.11. The Balaban J connectivity index is 2.82.